The first-order valence-corrected chi connectivity index (χ1v) is 4.89. The first-order chi connectivity index (χ1) is 7.08. The molecule has 0 spiro atoms. The molecule has 1 unspecified atom stereocenters. The predicted molar refractivity (Wildman–Crippen MR) is 52.9 cm³/mol. The molecule has 0 fully saturated rings. The van der Waals surface area contributed by atoms with Crippen molar-refractivity contribution in [3.8, 4) is 0 Å². The van der Waals surface area contributed by atoms with Crippen LogP contribution in [0.15, 0.2) is 4.79 Å². The van der Waals surface area contributed by atoms with E-state index in [0.29, 0.717) is 24.2 Å². The summed E-state index contributed by atoms with van der Waals surface area (Å²) in [7, 11) is 0. The van der Waals surface area contributed by atoms with Gasteiger partial charge in [-0.15, -0.1) is 0 Å². The van der Waals surface area contributed by atoms with Crippen molar-refractivity contribution in [2.24, 2.45) is 0 Å². The van der Waals surface area contributed by atoms with Gasteiger partial charge in [-0.3, -0.25) is 9.59 Å². The van der Waals surface area contributed by atoms with Crippen molar-refractivity contribution < 1.29 is 9.90 Å². The molecule has 15 heavy (non-hydrogen) atoms. The minimum Gasteiger partial charge on any atom is -0.481 e. The second kappa shape index (κ2) is 3.49. The van der Waals surface area contributed by atoms with E-state index in [1.165, 1.54) is 0 Å². The zero-order valence-electron chi connectivity index (χ0n) is 8.41. The van der Waals surface area contributed by atoms with Crippen LogP contribution in [0.2, 0.25) is 0 Å². The summed E-state index contributed by atoms with van der Waals surface area (Å²) < 4.78 is 0. The van der Waals surface area contributed by atoms with Gasteiger partial charge >= 0.3 is 5.97 Å². The number of hydrogen-bond donors (Lipinski definition) is 2. The van der Waals surface area contributed by atoms with Crippen molar-refractivity contribution in [3.63, 3.8) is 0 Å². The molecule has 0 saturated heterocycles. The molecule has 0 amide bonds. The Morgan fingerprint density at radius 2 is 2.40 bits per heavy atom. The number of carboxylic acid groups (broad SMARTS) is 1. The lowest BCUT2D eigenvalue weighted by Crippen LogP contribution is -2.19. The molecule has 1 aromatic rings. The molecule has 1 aliphatic rings. The highest BCUT2D eigenvalue weighted by Crippen LogP contribution is 2.31. The fraction of sp³-hybridized carbons (Fsp3) is 0.500. The van der Waals surface area contributed by atoms with Crippen molar-refractivity contribution in [2.75, 3.05) is 0 Å². The molecule has 0 aliphatic heterocycles. The Bertz CT molecular complexity index is 464. The van der Waals surface area contributed by atoms with Crippen LogP contribution in [0.25, 0.3) is 0 Å². The van der Waals surface area contributed by atoms with Crippen LogP contribution in [0.4, 0.5) is 0 Å². The molecule has 80 valence electrons. The lowest BCUT2D eigenvalue weighted by atomic mass is 10.0. The number of carbonyl (C=O) groups is 1. The largest absolute Gasteiger partial charge is 0.481 e. The third kappa shape index (κ3) is 1.77. The Morgan fingerprint density at radius 3 is 3.07 bits per heavy atom. The number of hydrogen-bond acceptors (Lipinski definition) is 3. The average Bonchev–Trinajstić information content (AvgIpc) is 2.46. The first kappa shape index (κ1) is 9.89. The van der Waals surface area contributed by atoms with E-state index in [1.807, 2.05) is 0 Å². The van der Waals surface area contributed by atoms with Crippen LogP contribution in [0.5, 0.6) is 0 Å². The minimum absolute atomic E-state index is 0.0147. The molecule has 1 heterocycles. The van der Waals surface area contributed by atoms with Crippen LogP contribution in [0.3, 0.4) is 0 Å². The number of aliphatic carboxylic acids is 1. The second-order valence-corrected chi connectivity index (χ2v) is 3.85. The van der Waals surface area contributed by atoms with Crippen molar-refractivity contribution in [1.29, 1.82) is 0 Å². The topological polar surface area (TPSA) is 83.0 Å². The third-order valence-corrected chi connectivity index (χ3v) is 2.71. The summed E-state index contributed by atoms with van der Waals surface area (Å²) in [5.74, 6) is -0.447. The molecule has 2 rings (SSSR count). The summed E-state index contributed by atoms with van der Waals surface area (Å²) in [5.41, 5.74) is 1.16. The molecule has 5 heteroatoms. The molecule has 0 radical (unpaired) electrons. The van der Waals surface area contributed by atoms with Gasteiger partial charge < -0.3 is 10.1 Å². The van der Waals surface area contributed by atoms with E-state index in [1.54, 1.807) is 6.92 Å². The lowest BCUT2D eigenvalue weighted by Gasteiger charge is -2.06. The maximum Gasteiger partial charge on any atom is 0.303 e. The van der Waals surface area contributed by atoms with Crippen LogP contribution in [-0.2, 0) is 11.2 Å². The molecule has 5 nitrogen and oxygen atoms in total. The zero-order chi connectivity index (χ0) is 11.0. The van der Waals surface area contributed by atoms with Crippen molar-refractivity contribution in [2.45, 2.75) is 32.1 Å². The summed E-state index contributed by atoms with van der Waals surface area (Å²) in [5, 5.41) is 8.71. The molecule has 1 aliphatic carbocycles. The summed E-state index contributed by atoms with van der Waals surface area (Å²) in [6.45, 7) is 1.73. The fourth-order valence-electron chi connectivity index (χ4n) is 2.14. The Labute approximate surface area is 86.2 Å². The van der Waals surface area contributed by atoms with Gasteiger partial charge in [0.05, 0.1) is 12.1 Å². The van der Waals surface area contributed by atoms with E-state index in [9.17, 15) is 9.59 Å². The van der Waals surface area contributed by atoms with E-state index in [2.05, 4.69) is 9.97 Å². The molecular weight excluding hydrogens is 196 g/mol. The van der Waals surface area contributed by atoms with Gasteiger partial charge in [-0.25, -0.2) is 4.98 Å². The van der Waals surface area contributed by atoms with Gasteiger partial charge in [0.25, 0.3) is 5.56 Å². The van der Waals surface area contributed by atoms with Gasteiger partial charge in [0.2, 0.25) is 0 Å². The number of H-pyrrole nitrogens is 1. The maximum atomic E-state index is 11.6. The van der Waals surface area contributed by atoms with E-state index in [-0.39, 0.29) is 17.9 Å². The molecule has 1 atom stereocenters. The van der Waals surface area contributed by atoms with Crippen molar-refractivity contribution >= 4 is 5.97 Å². The van der Waals surface area contributed by atoms with Crippen molar-refractivity contribution in [3.05, 3.63) is 27.4 Å². The standard InChI is InChI=1S/C10H12N2O3/c1-5-11-7-3-2-6(4-8(13)14)9(7)10(15)12-5/h6H,2-4H2,1H3,(H,13,14)(H,11,12,15). The molecule has 0 saturated carbocycles. The molecular formula is C10H12N2O3. The summed E-state index contributed by atoms with van der Waals surface area (Å²) >= 11 is 0. The Kier molecular flexibility index (Phi) is 2.30. The van der Waals surface area contributed by atoms with Crippen LogP contribution in [0.1, 0.15) is 35.8 Å². The van der Waals surface area contributed by atoms with E-state index >= 15 is 0 Å². The quantitative estimate of drug-likeness (QED) is 0.744. The highest BCUT2D eigenvalue weighted by atomic mass is 16.4. The van der Waals surface area contributed by atoms with E-state index < -0.39 is 5.97 Å². The Morgan fingerprint density at radius 1 is 1.67 bits per heavy atom. The Balaban J connectivity index is 2.42. The normalized spacial score (nSPS) is 18.9. The molecule has 1 aromatic heterocycles. The number of aromatic nitrogens is 2. The number of nitrogens with one attached hydrogen (secondary N) is 1. The summed E-state index contributed by atoms with van der Waals surface area (Å²) in [6.07, 6.45) is 1.43. The Hall–Kier alpha value is -1.65. The highest BCUT2D eigenvalue weighted by molar-refractivity contribution is 5.68. The summed E-state index contributed by atoms with van der Waals surface area (Å²) in [6, 6.07) is 0. The van der Waals surface area contributed by atoms with Gasteiger partial charge in [0.15, 0.2) is 0 Å². The van der Waals surface area contributed by atoms with Crippen LogP contribution >= 0.6 is 0 Å². The number of rotatable bonds is 2. The van der Waals surface area contributed by atoms with E-state index in [4.69, 9.17) is 5.11 Å². The molecule has 2 N–H and O–H groups in total. The maximum absolute atomic E-state index is 11.6. The zero-order valence-corrected chi connectivity index (χ0v) is 8.41. The van der Waals surface area contributed by atoms with Crippen molar-refractivity contribution in [1.82, 2.24) is 9.97 Å². The first-order valence-electron chi connectivity index (χ1n) is 4.89. The minimum atomic E-state index is -0.868. The average molecular weight is 208 g/mol. The van der Waals surface area contributed by atoms with Gasteiger partial charge in [-0.2, -0.15) is 0 Å². The number of carboxylic acids is 1. The second-order valence-electron chi connectivity index (χ2n) is 3.85. The number of nitrogens with zero attached hydrogens (tertiary/aromatic N) is 1. The van der Waals surface area contributed by atoms with Gasteiger partial charge in [0, 0.05) is 11.5 Å². The van der Waals surface area contributed by atoms with E-state index in [0.717, 1.165) is 5.69 Å². The van der Waals surface area contributed by atoms with Crippen LogP contribution in [0, 0.1) is 6.92 Å². The highest BCUT2D eigenvalue weighted by Gasteiger charge is 2.28. The number of fused-ring (bicyclic) bond motifs is 1. The van der Waals surface area contributed by atoms with Crippen LogP contribution < -0.4 is 5.56 Å². The number of aryl methyl sites for hydroxylation is 2. The van der Waals surface area contributed by atoms with Gasteiger partial charge in [-0.1, -0.05) is 0 Å². The predicted octanol–water partition coefficient (Wildman–Crippen LogP) is 0.583. The fourth-order valence-corrected chi connectivity index (χ4v) is 2.14. The van der Waals surface area contributed by atoms with Gasteiger partial charge in [0.1, 0.15) is 5.82 Å². The van der Waals surface area contributed by atoms with Gasteiger partial charge in [-0.05, 0) is 19.8 Å². The lowest BCUT2D eigenvalue weighted by molar-refractivity contribution is -0.137. The smallest absolute Gasteiger partial charge is 0.303 e. The SMILES string of the molecule is Cc1nc2c(c(=O)[nH]1)C(CC(=O)O)CC2. The summed E-state index contributed by atoms with van der Waals surface area (Å²) in [4.78, 5) is 29.1. The number of aromatic amines is 1. The monoisotopic (exact) mass is 208 g/mol. The third-order valence-electron chi connectivity index (χ3n) is 2.71. The molecule has 0 bridgehead atoms. The molecule has 0 aromatic carbocycles. The van der Waals surface area contributed by atoms with Crippen LogP contribution in [-0.4, -0.2) is 21.0 Å².